The van der Waals surface area contributed by atoms with E-state index in [1.54, 1.807) is 6.07 Å². The first kappa shape index (κ1) is 10.7. The van der Waals surface area contributed by atoms with Crippen LogP contribution in [0.5, 0.6) is 0 Å². The number of aromatic nitrogens is 1. The van der Waals surface area contributed by atoms with Crippen molar-refractivity contribution in [2.75, 3.05) is 0 Å². The SMILES string of the molecule is O=C(O)c1cc(Br)cn1CCC1CCC1. The predicted octanol–water partition coefficient (Wildman–Crippen LogP) is 3.14. The van der Waals surface area contributed by atoms with E-state index in [9.17, 15) is 4.79 Å². The summed E-state index contributed by atoms with van der Waals surface area (Å²) in [6, 6.07) is 1.66. The molecule has 0 atom stereocenters. The van der Waals surface area contributed by atoms with Crippen molar-refractivity contribution < 1.29 is 9.90 Å². The second-order valence-electron chi connectivity index (χ2n) is 4.13. The first-order valence-corrected chi connectivity index (χ1v) is 6.05. The molecule has 0 unspecified atom stereocenters. The van der Waals surface area contributed by atoms with E-state index >= 15 is 0 Å². The van der Waals surface area contributed by atoms with Crippen molar-refractivity contribution in [2.24, 2.45) is 5.92 Å². The number of aryl methyl sites for hydroxylation is 1. The van der Waals surface area contributed by atoms with E-state index in [2.05, 4.69) is 15.9 Å². The highest BCUT2D eigenvalue weighted by Crippen LogP contribution is 2.30. The number of hydrogen-bond acceptors (Lipinski definition) is 1. The van der Waals surface area contributed by atoms with Gasteiger partial charge in [0.25, 0.3) is 0 Å². The molecule has 82 valence electrons. The van der Waals surface area contributed by atoms with Crippen LogP contribution < -0.4 is 0 Å². The minimum atomic E-state index is -0.852. The van der Waals surface area contributed by atoms with Crippen molar-refractivity contribution in [3.05, 3.63) is 22.4 Å². The molecule has 3 nitrogen and oxygen atoms in total. The molecule has 1 fully saturated rings. The number of hydrogen-bond donors (Lipinski definition) is 1. The van der Waals surface area contributed by atoms with Crippen LogP contribution in [0.2, 0.25) is 0 Å². The Kier molecular flexibility index (Phi) is 3.14. The van der Waals surface area contributed by atoms with E-state index in [1.807, 2.05) is 10.8 Å². The van der Waals surface area contributed by atoms with Gasteiger partial charge in [0.15, 0.2) is 0 Å². The summed E-state index contributed by atoms with van der Waals surface area (Å²) in [4.78, 5) is 10.9. The topological polar surface area (TPSA) is 42.2 Å². The molecule has 1 saturated carbocycles. The molecule has 0 bridgehead atoms. The van der Waals surface area contributed by atoms with Crippen molar-refractivity contribution in [1.29, 1.82) is 0 Å². The Hall–Kier alpha value is -0.770. The second kappa shape index (κ2) is 4.39. The summed E-state index contributed by atoms with van der Waals surface area (Å²) < 4.78 is 2.67. The Bertz CT molecular complexity index is 369. The van der Waals surface area contributed by atoms with Crippen molar-refractivity contribution in [1.82, 2.24) is 4.57 Å². The molecule has 1 N–H and O–H groups in total. The van der Waals surface area contributed by atoms with Crippen LogP contribution in [-0.4, -0.2) is 15.6 Å². The fraction of sp³-hybridized carbons (Fsp3) is 0.545. The van der Waals surface area contributed by atoms with Crippen LogP contribution in [0.4, 0.5) is 0 Å². The van der Waals surface area contributed by atoms with Gasteiger partial charge in [-0.25, -0.2) is 4.79 Å². The molecule has 2 rings (SSSR count). The highest BCUT2D eigenvalue weighted by atomic mass is 79.9. The van der Waals surface area contributed by atoms with Gasteiger partial charge in [0, 0.05) is 17.2 Å². The van der Waals surface area contributed by atoms with Crippen LogP contribution in [0.3, 0.4) is 0 Å². The third kappa shape index (κ3) is 2.43. The molecule has 1 aromatic rings. The summed E-state index contributed by atoms with van der Waals surface area (Å²) in [6.07, 6.45) is 6.91. The van der Waals surface area contributed by atoms with Crippen molar-refractivity contribution in [2.45, 2.75) is 32.2 Å². The van der Waals surface area contributed by atoms with Gasteiger partial charge >= 0.3 is 5.97 Å². The van der Waals surface area contributed by atoms with Crippen molar-refractivity contribution >= 4 is 21.9 Å². The minimum Gasteiger partial charge on any atom is -0.477 e. The Balaban J connectivity index is 2.02. The van der Waals surface area contributed by atoms with Crippen LogP contribution in [0, 0.1) is 5.92 Å². The van der Waals surface area contributed by atoms with Gasteiger partial charge in [0.2, 0.25) is 0 Å². The maximum Gasteiger partial charge on any atom is 0.352 e. The number of aromatic carboxylic acids is 1. The fourth-order valence-electron chi connectivity index (χ4n) is 1.94. The summed E-state index contributed by atoms with van der Waals surface area (Å²) >= 11 is 3.31. The van der Waals surface area contributed by atoms with Crippen LogP contribution in [0.15, 0.2) is 16.7 Å². The first-order chi connectivity index (χ1) is 7.16. The van der Waals surface area contributed by atoms with Gasteiger partial charge in [-0.1, -0.05) is 19.3 Å². The smallest absolute Gasteiger partial charge is 0.352 e. The lowest BCUT2D eigenvalue weighted by Crippen LogP contribution is -2.15. The average Bonchev–Trinajstić information content (AvgIpc) is 2.44. The summed E-state index contributed by atoms with van der Waals surface area (Å²) in [7, 11) is 0. The molecule has 0 aromatic carbocycles. The summed E-state index contributed by atoms with van der Waals surface area (Å²) in [5.41, 5.74) is 0.376. The molecule has 0 aliphatic heterocycles. The normalized spacial score (nSPS) is 16.3. The molecular weight excluding hydrogens is 258 g/mol. The lowest BCUT2D eigenvalue weighted by Gasteiger charge is -2.25. The van der Waals surface area contributed by atoms with Crippen molar-refractivity contribution in [3.63, 3.8) is 0 Å². The van der Waals surface area contributed by atoms with E-state index in [0.29, 0.717) is 5.69 Å². The Morgan fingerprint density at radius 3 is 2.87 bits per heavy atom. The second-order valence-corrected chi connectivity index (χ2v) is 5.04. The molecule has 0 radical (unpaired) electrons. The number of nitrogens with zero attached hydrogens (tertiary/aromatic N) is 1. The number of halogens is 1. The third-order valence-electron chi connectivity index (χ3n) is 3.09. The number of rotatable bonds is 4. The zero-order chi connectivity index (χ0) is 10.8. The number of carbonyl (C=O) groups is 1. The average molecular weight is 272 g/mol. The molecule has 1 aliphatic rings. The van der Waals surface area contributed by atoms with Gasteiger partial charge in [0.1, 0.15) is 5.69 Å². The highest BCUT2D eigenvalue weighted by molar-refractivity contribution is 9.10. The lowest BCUT2D eigenvalue weighted by atomic mass is 9.83. The van der Waals surface area contributed by atoms with E-state index in [0.717, 1.165) is 23.4 Å². The summed E-state index contributed by atoms with van der Waals surface area (Å²) in [5, 5.41) is 8.97. The standard InChI is InChI=1S/C11H14BrNO2/c12-9-6-10(11(14)15)13(7-9)5-4-8-2-1-3-8/h6-8H,1-5H2,(H,14,15). The molecule has 15 heavy (non-hydrogen) atoms. The van der Waals surface area contributed by atoms with Crippen LogP contribution in [0.25, 0.3) is 0 Å². The molecule has 1 aromatic heterocycles. The Morgan fingerprint density at radius 2 is 2.33 bits per heavy atom. The number of carboxylic acids is 1. The number of carboxylic acid groups (broad SMARTS) is 1. The first-order valence-electron chi connectivity index (χ1n) is 5.26. The predicted molar refractivity (Wildman–Crippen MR) is 61.0 cm³/mol. The summed E-state index contributed by atoms with van der Waals surface area (Å²) in [5.74, 6) is -0.0397. The highest BCUT2D eigenvalue weighted by Gasteiger charge is 2.18. The monoisotopic (exact) mass is 271 g/mol. The van der Waals surface area contributed by atoms with E-state index in [-0.39, 0.29) is 0 Å². The van der Waals surface area contributed by atoms with Gasteiger partial charge in [-0.05, 0) is 34.3 Å². The molecule has 0 saturated heterocycles. The zero-order valence-electron chi connectivity index (χ0n) is 8.45. The maximum atomic E-state index is 10.9. The van der Waals surface area contributed by atoms with Crippen LogP contribution in [-0.2, 0) is 6.54 Å². The lowest BCUT2D eigenvalue weighted by molar-refractivity contribution is 0.0684. The largest absolute Gasteiger partial charge is 0.477 e. The fourth-order valence-corrected chi connectivity index (χ4v) is 2.41. The van der Waals surface area contributed by atoms with E-state index < -0.39 is 5.97 Å². The van der Waals surface area contributed by atoms with E-state index in [4.69, 9.17) is 5.11 Å². The summed E-state index contributed by atoms with van der Waals surface area (Å²) in [6.45, 7) is 0.817. The molecule has 1 aliphatic carbocycles. The minimum absolute atomic E-state index is 0.376. The van der Waals surface area contributed by atoms with Crippen LogP contribution in [0.1, 0.15) is 36.2 Å². The van der Waals surface area contributed by atoms with Gasteiger partial charge in [0.05, 0.1) is 0 Å². The molecule has 4 heteroatoms. The van der Waals surface area contributed by atoms with Gasteiger partial charge < -0.3 is 9.67 Å². The van der Waals surface area contributed by atoms with E-state index in [1.165, 1.54) is 19.3 Å². The van der Waals surface area contributed by atoms with Crippen LogP contribution >= 0.6 is 15.9 Å². The van der Waals surface area contributed by atoms with Gasteiger partial charge in [-0.3, -0.25) is 0 Å². The quantitative estimate of drug-likeness (QED) is 0.914. The zero-order valence-corrected chi connectivity index (χ0v) is 10.0. The third-order valence-corrected chi connectivity index (χ3v) is 3.52. The molecule has 0 spiro atoms. The van der Waals surface area contributed by atoms with Gasteiger partial charge in [-0.15, -0.1) is 0 Å². The Labute approximate surface area is 97.2 Å². The molecule has 1 heterocycles. The molecule has 0 amide bonds. The Morgan fingerprint density at radius 1 is 1.60 bits per heavy atom. The maximum absolute atomic E-state index is 10.9. The molecular formula is C11H14BrNO2. The van der Waals surface area contributed by atoms with Crippen molar-refractivity contribution in [3.8, 4) is 0 Å². The van der Waals surface area contributed by atoms with Gasteiger partial charge in [-0.2, -0.15) is 0 Å².